The zero-order chi connectivity index (χ0) is 19.4. The number of carbonyl (C=O) groups is 1. The number of hydrogen-bond acceptors (Lipinski definition) is 6. The lowest BCUT2D eigenvalue weighted by Crippen LogP contribution is -2.27. The molecule has 146 valence electrons. The van der Waals surface area contributed by atoms with Crippen LogP contribution in [-0.2, 0) is 11.4 Å². The minimum atomic E-state index is -0.00552. The molecule has 1 aromatic heterocycles. The van der Waals surface area contributed by atoms with Crippen molar-refractivity contribution >= 4 is 17.7 Å². The van der Waals surface area contributed by atoms with Crippen LogP contribution in [0.1, 0.15) is 49.6 Å². The van der Waals surface area contributed by atoms with Gasteiger partial charge in [-0.3, -0.25) is 4.79 Å². The Labute approximate surface area is 164 Å². The molecule has 1 amide bonds. The molecule has 0 radical (unpaired) electrons. The Bertz CT molecular complexity index is 801. The Hall–Kier alpha value is -2.22. The van der Waals surface area contributed by atoms with E-state index in [1.165, 1.54) is 29.3 Å². The lowest BCUT2D eigenvalue weighted by molar-refractivity contribution is -0.118. The molecule has 1 aliphatic carbocycles. The second kappa shape index (κ2) is 8.65. The maximum absolute atomic E-state index is 11.9. The summed E-state index contributed by atoms with van der Waals surface area (Å²) in [6, 6.07) is 6.19. The average Bonchev–Trinajstić information content (AvgIpc) is 3.39. The number of carbonyl (C=O) groups excluding carboxylic acids is 1. The third-order valence-electron chi connectivity index (χ3n) is 4.50. The monoisotopic (exact) mass is 389 g/mol. The molecule has 1 saturated carbocycles. The van der Waals surface area contributed by atoms with E-state index in [4.69, 9.17) is 10.6 Å². The van der Waals surface area contributed by atoms with Gasteiger partial charge >= 0.3 is 0 Å². The summed E-state index contributed by atoms with van der Waals surface area (Å²) >= 11 is 1.28. The first-order valence-corrected chi connectivity index (χ1v) is 10.2. The normalized spacial score (nSPS) is 13.8. The van der Waals surface area contributed by atoms with Crippen molar-refractivity contribution in [2.45, 2.75) is 51.3 Å². The highest BCUT2D eigenvalue weighted by atomic mass is 32.2. The Balaban J connectivity index is 1.55. The van der Waals surface area contributed by atoms with Crippen LogP contribution in [-0.4, -0.2) is 33.1 Å². The fourth-order valence-corrected chi connectivity index (χ4v) is 3.36. The van der Waals surface area contributed by atoms with E-state index >= 15 is 0 Å². The SMILES string of the molecule is Cc1ccc(C(C)C)c(OCc2nnc(SCC(=O)NCC3CC3)n2N)c1. The van der Waals surface area contributed by atoms with Gasteiger partial charge in [0.15, 0.2) is 5.82 Å². The molecule has 8 heteroatoms. The first kappa shape index (κ1) is 19.5. The summed E-state index contributed by atoms with van der Waals surface area (Å²) in [5, 5.41) is 11.6. The molecule has 2 aromatic rings. The molecule has 1 aliphatic rings. The Morgan fingerprint density at radius 3 is 2.89 bits per heavy atom. The molecular weight excluding hydrogens is 362 g/mol. The predicted molar refractivity (Wildman–Crippen MR) is 106 cm³/mol. The summed E-state index contributed by atoms with van der Waals surface area (Å²) in [5.41, 5.74) is 2.28. The quantitative estimate of drug-likeness (QED) is 0.506. The highest BCUT2D eigenvalue weighted by Crippen LogP contribution is 2.28. The molecule has 0 aliphatic heterocycles. The van der Waals surface area contributed by atoms with E-state index in [0.29, 0.717) is 22.8 Å². The van der Waals surface area contributed by atoms with Crippen molar-refractivity contribution in [2.24, 2.45) is 5.92 Å². The van der Waals surface area contributed by atoms with Gasteiger partial charge in [-0.2, -0.15) is 0 Å². The van der Waals surface area contributed by atoms with Crippen molar-refractivity contribution in [2.75, 3.05) is 18.1 Å². The van der Waals surface area contributed by atoms with Gasteiger partial charge in [-0.05, 0) is 48.8 Å². The molecule has 1 fully saturated rings. The molecule has 0 spiro atoms. The minimum Gasteiger partial charge on any atom is -0.485 e. The zero-order valence-corrected chi connectivity index (χ0v) is 16.9. The van der Waals surface area contributed by atoms with Crippen LogP contribution < -0.4 is 15.9 Å². The molecule has 0 atom stereocenters. The van der Waals surface area contributed by atoms with Gasteiger partial charge < -0.3 is 15.9 Å². The van der Waals surface area contributed by atoms with Crippen LogP contribution in [0.4, 0.5) is 0 Å². The van der Waals surface area contributed by atoms with Crippen LogP contribution in [0.25, 0.3) is 0 Å². The number of nitrogen functional groups attached to an aromatic ring is 1. The highest BCUT2D eigenvalue weighted by molar-refractivity contribution is 7.99. The van der Waals surface area contributed by atoms with E-state index in [0.717, 1.165) is 23.4 Å². The summed E-state index contributed by atoms with van der Waals surface area (Å²) in [6.45, 7) is 7.28. The summed E-state index contributed by atoms with van der Waals surface area (Å²) in [6.07, 6.45) is 2.43. The van der Waals surface area contributed by atoms with Gasteiger partial charge in [-0.25, -0.2) is 4.68 Å². The van der Waals surface area contributed by atoms with Gasteiger partial charge in [-0.1, -0.05) is 37.7 Å². The fraction of sp³-hybridized carbons (Fsp3) is 0.526. The number of hydrogen-bond donors (Lipinski definition) is 2. The maximum atomic E-state index is 11.9. The smallest absolute Gasteiger partial charge is 0.230 e. The standard InChI is InChI=1S/C19H27N5O2S/c1-12(2)15-7-4-13(3)8-16(15)26-10-17-22-23-19(24(17)20)27-11-18(25)21-9-14-5-6-14/h4,7-8,12,14H,5-6,9-11,20H2,1-3H3,(H,21,25). The number of aryl methyl sites for hydroxylation is 1. The number of aromatic nitrogens is 3. The second-order valence-electron chi connectivity index (χ2n) is 7.29. The van der Waals surface area contributed by atoms with Gasteiger partial charge in [-0.15, -0.1) is 10.2 Å². The predicted octanol–water partition coefficient (Wildman–Crippen LogP) is 2.62. The van der Waals surface area contributed by atoms with Gasteiger partial charge in [0.1, 0.15) is 12.4 Å². The zero-order valence-electron chi connectivity index (χ0n) is 16.1. The maximum Gasteiger partial charge on any atom is 0.230 e. The number of benzene rings is 1. The number of ether oxygens (including phenoxy) is 1. The molecule has 3 N–H and O–H groups in total. The van der Waals surface area contributed by atoms with Gasteiger partial charge in [0.25, 0.3) is 0 Å². The van der Waals surface area contributed by atoms with Crippen molar-refractivity contribution in [1.29, 1.82) is 0 Å². The second-order valence-corrected chi connectivity index (χ2v) is 8.23. The summed E-state index contributed by atoms with van der Waals surface area (Å²) in [5.74, 6) is 8.72. The number of thioether (sulfide) groups is 1. The molecule has 27 heavy (non-hydrogen) atoms. The first-order chi connectivity index (χ1) is 12.9. The number of amides is 1. The highest BCUT2D eigenvalue weighted by Gasteiger charge is 2.22. The summed E-state index contributed by atoms with van der Waals surface area (Å²) in [4.78, 5) is 11.9. The number of rotatable bonds is 9. The third-order valence-corrected chi connectivity index (χ3v) is 5.44. The van der Waals surface area contributed by atoms with Gasteiger partial charge in [0.2, 0.25) is 11.1 Å². The third kappa shape index (κ3) is 5.38. The van der Waals surface area contributed by atoms with Gasteiger partial charge in [0.05, 0.1) is 5.75 Å². The molecule has 0 bridgehead atoms. The van der Waals surface area contributed by atoms with Crippen molar-refractivity contribution in [3.8, 4) is 5.75 Å². The van der Waals surface area contributed by atoms with Crippen molar-refractivity contribution in [1.82, 2.24) is 20.2 Å². The van der Waals surface area contributed by atoms with E-state index in [9.17, 15) is 4.79 Å². The van der Waals surface area contributed by atoms with Crippen LogP contribution in [0.2, 0.25) is 0 Å². The molecule has 0 unspecified atom stereocenters. The van der Waals surface area contributed by atoms with Crippen molar-refractivity contribution in [3.63, 3.8) is 0 Å². The Morgan fingerprint density at radius 2 is 2.19 bits per heavy atom. The minimum absolute atomic E-state index is 0.00552. The average molecular weight is 390 g/mol. The van der Waals surface area contributed by atoms with E-state index in [-0.39, 0.29) is 18.3 Å². The Kier molecular flexibility index (Phi) is 6.26. The van der Waals surface area contributed by atoms with Crippen LogP contribution >= 0.6 is 11.8 Å². The molecule has 1 heterocycles. The number of nitrogens with one attached hydrogen (secondary N) is 1. The number of nitrogens with zero attached hydrogens (tertiary/aromatic N) is 3. The van der Waals surface area contributed by atoms with Crippen molar-refractivity contribution in [3.05, 3.63) is 35.2 Å². The lowest BCUT2D eigenvalue weighted by atomic mass is 10.0. The largest absolute Gasteiger partial charge is 0.485 e. The molecule has 3 rings (SSSR count). The van der Waals surface area contributed by atoms with Crippen LogP contribution in [0.5, 0.6) is 5.75 Å². The van der Waals surface area contributed by atoms with E-state index in [1.54, 1.807) is 0 Å². The first-order valence-electron chi connectivity index (χ1n) is 9.26. The van der Waals surface area contributed by atoms with Gasteiger partial charge in [0, 0.05) is 6.54 Å². The molecular formula is C19H27N5O2S. The molecule has 7 nitrogen and oxygen atoms in total. The lowest BCUT2D eigenvalue weighted by Gasteiger charge is -2.14. The van der Waals surface area contributed by atoms with Crippen LogP contribution in [0.15, 0.2) is 23.4 Å². The summed E-state index contributed by atoms with van der Waals surface area (Å²) < 4.78 is 7.36. The fourth-order valence-electron chi connectivity index (χ4n) is 2.65. The van der Waals surface area contributed by atoms with Crippen molar-refractivity contribution < 1.29 is 9.53 Å². The molecule has 1 aromatic carbocycles. The van der Waals surface area contributed by atoms with Crippen LogP contribution in [0, 0.1) is 12.8 Å². The molecule has 0 saturated heterocycles. The van der Waals surface area contributed by atoms with E-state index in [2.05, 4.69) is 41.5 Å². The van der Waals surface area contributed by atoms with Crippen LogP contribution in [0.3, 0.4) is 0 Å². The summed E-state index contributed by atoms with van der Waals surface area (Å²) in [7, 11) is 0. The number of nitrogens with two attached hydrogens (primary N) is 1. The topological polar surface area (TPSA) is 95.1 Å². The Morgan fingerprint density at radius 1 is 1.41 bits per heavy atom. The van der Waals surface area contributed by atoms with E-state index in [1.807, 2.05) is 13.0 Å². The van der Waals surface area contributed by atoms with E-state index < -0.39 is 0 Å².